The SMILES string of the molecule is C#Cc1ccc(C(C(=O)NCCCC)N(C(=O)C(CC(N)=O)NC(=O)OC(C)(C)C)C(C)(C)C)cc1. The van der Waals surface area contributed by atoms with Crippen molar-refractivity contribution in [3.8, 4) is 12.3 Å². The van der Waals surface area contributed by atoms with Crippen LogP contribution in [0.2, 0.25) is 0 Å². The molecule has 0 bridgehead atoms. The lowest BCUT2D eigenvalue weighted by atomic mass is 9.94. The molecule has 0 aliphatic rings. The van der Waals surface area contributed by atoms with Crippen molar-refractivity contribution in [2.75, 3.05) is 6.54 Å². The summed E-state index contributed by atoms with van der Waals surface area (Å²) < 4.78 is 5.28. The maximum atomic E-state index is 13.9. The molecule has 0 saturated carbocycles. The Morgan fingerprint density at radius 1 is 1.08 bits per heavy atom. The number of unbranched alkanes of at least 4 members (excludes halogenated alkanes) is 1. The molecular weight excluding hydrogens is 460 g/mol. The lowest BCUT2D eigenvalue weighted by Crippen LogP contribution is -2.59. The summed E-state index contributed by atoms with van der Waals surface area (Å²) >= 11 is 0. The molecule has 4 amide bonds. The van der Waals surface area contributed by atoms with E-state index in [0.717, 1.165) is 12.8 Å². The van der Waals surface area contributed by atoms with Crippen LogP contribution in [0.5, 0.6) is 0 Å². The smallest absolute Gasteiger partial charge is 0.408 e. The summed E-state index contributed by atoms with van der Waals surface area (Å²) in [5.41, 5.74) is 4.84. The third-order valence-corrected chi connectivity index (χ3v) is 5.08. The number of primary amides is 1. The van der Waals surface area contributed by atoms with Gasteiger partial charge >= 0.3 is 6.09 Å². The standard InChI is InChI=1S/C27H40N4O5/c1-9-11-16-29-23(33)22(19-14-12-18(10-2)13-15-19)31(26(3,4)5)24(34)20(17-21(28)32)30-25(35)36-27(6,7)8/h2,12-15,20,22H,9,11,16-17H2,1,3-8H3,(H2,28,32)(H,29,33)(H,30,35). The minimum atomic E-state index is -1.34. The van der Waals surface area contributed by atoms with Gasteiger partial charge in [0.2, 0.25) is 17.7 Å². The van der Waals surface area contributed by atoms with E-state index in [1.165, 1.54) is 4.90 Å². The van der Waals surface area contributed by atoms with Gasteiger partial charge in [0.1, 0.15) is 17.7 Å². The first-order chi connectivity index (χ1) is 16.6. The van der Waals surface area contributed by atoms with Gasteiger partial charge in [0.25, 0.3) is 0 Å². The number of rotatable bonds is 10. The highest BCUT2D eigenvalue weighted by Crippen LogP contribution is 2.30. The Bertz CT molecular complexity index is 968. The summed E-state index contributed by atoms with van der Waals surface area (Å²) in [4.78, 5) is 53.1. The second-order valence-electron chi connectivity index (χ2n) is 10.6. The molecule has 1 rings (SSSR count). The van der Waals surface area contributed by atoms with Gasteiger partial charge in [-0.05, 0) is 65.7 Å². The van der Waals surface area contributed by atoms with Gasteiger partial charge in [0, 0.05) is 17.6 Å². The molecular formula is C27H40N4O5. The fourth-order valence-electron chi connectivity index (χ4n) is 3.53. The van der Waals surface area contributed by atoms with Crippen LogP contribution in [0.4, 0.5) is 4.79 Å². The molecule has 4 N–H and O–H groups in total. The van der Waals surface area contributed by atoms with E-state index in [2.05, 4.69) is 16.6 Å². The van der Waals surface area contributed by atoms with Gasteiger partial charge in [-0.2, -0.15) is 0 Å². The number of nitrogens with zero attached hydrogens (tertiary/aromatic N) is 1. The van der Waals surface area contributed by atoms with Crippen molar-refractivity contribution in [1.29, 1.82) is 0 Å². The molecule has 0 aliphatic heterocycles. The average Bonchev–Trinajstić information content (AvgIpc) is 2.74. The van der Waals surface area contributed by atoms with Crippen LogP contribution in [0.25, 0.3) is 0 Å². The third-order valence-electron chi connectivity index (χ3n) is 5.08. The lowest BCUT2D eigenvalue weighted by Gasteiger charge is -2.43. The third kappa shape index (κ3) is 9.61. The van der Waals surface area contributed by atoms with Crippen molar-refractivity contribution in [1.82, 2.24) is 15.5 Å². The second kappa shape index (κ2) is 13.0. The monoisotopic (exact) mass is 500 g/mol. The van der Waals surface area contributed by atoms with Crippen LogP contribution in [-0.2, 0) is 19.1 Å². The molecule has 198 valence electrons. The Balaban J connectivity index is 3.55. The van der Waals surface area contributed by atoms with Gasteiger partial charge in [0.05, 0.1) is 6.42 Å². The first-order valence-electron chi connectivity index (χ1n) is 12.1. The van der Waals surface area contributed by atoms with Crippen LogP contribution < -0.4 is 16.4 Å². The summed E-state index contributed by atoms with van der Waals surface area (Å²) in [6.07, 6.45) is 5.78. The van der Waals surface area contributed by atoms with Crippen LogP contribution in [0.1, 0.15) is 84.9 Å². The summed E-state index contributed by atoms with van der Waals surface area (Å²) in [5, 5.41) is 5.35. The summed E-state index contributed by atoms with van der Waals surface area (Å²) in [7, 11) is 0. The van der Waals surface area contributed by atoms with Crippen molar-refractivity contribution in [3.63, 3.8) is 0 Å². The fourth-order valence-corrected chi connectivity index (χ4v) is 3.53. The van der Waals surface area contributed by atoms with Gasteiger partial charge < -0.3 is 26.0 Å². The Labute approximate surface area is 214 Å². The molecule has 1 aromatic carbocycles. The lowest BCUT2D eigenvalue weighted by molar-refractivity contribution is -0.149. The highest BCUT2D eigenvalue weighted by Gasteiger charge is 2.42. The van der Waals surface area contributed by atoms with Crippen LogP contribution in [0, 0.1) is 12.3 Å². The number of hydrogen-bond donors (Lipinski definition) is 3. The zero-order valence-electron chi connectivity index (χ0n) is 22.4. The number of alkyl carbamates (subject to hydrolysis) is 1. The number of carbonyl (C=O) groups is 4. The van der Waals surface area contributed by atoms with Gasteiger partial charge in [-0.1, -0.05) is 31.4 Å². The van der Waals surface area contributed by atoms with Crippen molar-refractivity contribution in [2.24, 2.45) is 5.73 Å². The highest BCUT2D eigenvalue weighted by atomic mass is 16.6. The molecule has 0 fully saturated rings. The molecule has 0 radical (unpaired) electrons. The predicted octanol–water partition coefficient (Wildman–Crippen LogP) is 3.02. The summed E-state index contributed by atoms with van der Waals surface area (Å²) in [5.74, 6) is 0.699. The van der Waals surface area contributed by atoms with E-state index in [4.69, 9.17) is 16.9 Å². The number of benzene rings is 1. The quantitative estimate of drug-likeness (QED) is 0.336. The molecule has 2 atom stereocenters. The molecule has 0 heterocycles. The highest BCUT2D eigenvalue weighted by molar-refractivity contribution is 5.95. The number of nitrogens with two attached hydrogens (primary N) is 1. The number of hydrogen-bond acceptors (Lipinski definition) is 5. The molecule has 2 unspecified atom stereocenters. The van der Waals surface area contributed by atoms with Gasteiger partial charge in [0.15, 0.2) is 0 Å². The Hall–Kier alpha value is -3.54. The summed E-state index contributed by atoms with van der Waals surface area (Å²) in [6.45, 7) is 12.8. The van der Waals surface area contributed by atoms with E-state index in [9.17, 15) is 19.2 Å². The van der Waals surface area contributed by atoms with Crippen LogP contribution in [0.15, 0.2) is 24.3 Å². The van der Waals surface area contributed by atoms with E-state index in [1.54, 1.807) is 65.8 Å². The Kier molecular flexibility index (Phi) is 11.0. The predicted molar refractivity (Wildman–Crippen MR) is 139 cm³/mol. The molecule has 1 aromatic rings. The van der Waals surface area contributed by atoms with E-state index >= 15 is 0 Å². The van der Waals surface area contributed by atoms with E-state index < -0.39 is 53.5 Å². The Morgan fingerprint density at radius 2 is 1.67 bits per heavy atom. The number of amides is 4. The first kappa shape index (κ1) is 30.5. The molecule has 0 aromatic heterocycles. The van der Waals surface area contributed by atoms with Crippen molar-refractivity contribution in [2.45, 2.75) is 91.0 Å². The van der Waals surface area contributed by atoms with Crippen LogP contribution in [-0.4, -0.2) is 52.4 Å². The maximum absolute atomic E-state index is 13.9. The zero-order valence-corrected chi connectivity index (χ0v) is 22.4. The average molecular weight is 501 g/mol. The minimum absolute atomic E-state index is 0.393. The van der Waals surface area contributed by atoms with Gasteiger partial charge in [-0.25, -0.2) is 4.79 Å². The van der Waals surface area contributed by atoms with Crippen molar-refractivity contribution < 1.29 is 23.9 Å². The van der Waals surface area contributed by atoms with E-state index in [0.29, 0.717) is 17.7 Å². The normalized spacial score (nSPS) is 13.1. The molecule has 9 nitrogen and oxygen atoms in total. The maximum Gasteiger partial charge on any atom is 0.408 e. The van der Waals surface area contributed by atoms with Gasteiger partial charge in [-0.3, -0.25) is 14.4 Å². The van der Waals surface area contributed by atoms with Crippen LogP contribution >= 0.6 is 0 Å². The van der Waals surface area contributed by atoms with Crippen LogP contribution in [0.3, 0.4) is 0 Å². The molecule has 0 saturated heterocycles. The van der Waals surface area contributed by atoms with E-state index in [1.807, 2.05) is 6.92 Å². The molecule has 0 aliphatic carbocycles. The first-order valence-corrected chi connectivity index (χ1v) is 12.1. The second-order valence-corrected chi connectivity index (χ2v) is 10.6. The topological polar surface area (TPSA) is 131 Å². The largest absolute Gasteiger partial charge is 0.444 e. The number of terminal acetylenes is 1. The fraction of sp³-hybridized carbons (Fsp3) is 0.556. The number of ether oxygens (including phenoxy) is 1. The minimum Gasteiger partial charge on any atom is -0.444 e. The van der Waals surface area contributed by atoms with E-state index in [-0.39, 0.29) is 0 Å². The summed E-state index contributed by atoms with van der Waals surface area (Å²) in [6, 6.07) is 4.36. The molecule has 0 spiro atoms. The van der Waals surface area contributed by atoms with Crippen molar-refractivity contribution in [3.05, 3.63) is 35.4 Å². The number of nitrogens with one attached hydrogen (secondary N) is 2. The molecule has 9 heteroatoms. The number of carbonyl (C=O) groups excluding carboxylic acids is 4. The Morgan fingerprint density at radius 3 is 2.11 bits per heavy atom. The van der Waals surface area contributed by atoms with Crippen molar-refractivity contribution >= 4 is 23.8 Å². The molecule has 36 heavy (non-hydrogen) atoms. The zero-order chi connectivity index (χ0) is 27.7. The van der Waals surface area contributed by atoms with Gasteiger partial charge in [-0.15, -0.1) is 6.42 Å².